The number of hydrogen-bond donors (Lipinski definition) is 1. The summed E-state index contributed by atoms with van der Waals surface area (Å²) in [5.41, 5.74) is 2.13. The van der Waals surface area contributed by atoms with Crippen LogP contribution in [-0.4, -0.2) is 67.7 Å². The van der Waals surface area contributed by atoms with E-state index in [0.717, 1.165) is 66.4 Å². The van der Waals surface area contributed by atoms with E-state index in [1.165, 1.54) is 0 Å². The van der Waals surface area contributed by atoms with Crippen LogP contribution in [0.3, 0.4) is 0 Å². The first-order valence-electron chi connectivity index (χ1n) is 10.9. The molecule has 0 aliphatic heterocycles. The molecule has 0 amide bonds. The Bertz CT molecular complexity index is 820. The molecule has 0 aliphatic carbocycles. The number of benzene rings is 1. The predicted octanol–water partition coefficient (Wildman–Crippen LogP) is 3.78. The Morgan fingerprint density at radius 3 is 2.58 bits per heavy atom. The van der Waals surface area contributed by atoms with Crippen molar-refractivity contribution in [2.75, 3.05) is 46.9 Å². The number of aromatic nitrogens is 1. The molecule has 0 saturated heterocycles. The minimum Gasteiger partial charge on any atom is -0.493 e. The van der Waals surface area contributed by atoms with E-state index in [9.17, 15) is 0 Å². The maximum Gasteiger partial charge on any atom is 0.194 e. The molecule has 8 heteroatoms. The minimum absolute atomic E-state index is 0.554. The van der Waals surface area contributed by atoms with Gasteiger partial charge < -0.3 is 24.6 Å². The van der Waals surface area contributed by atoms with Gasteiger partial charge in [0.2, 0.25) is 0 Å². The van der Waals surface area contributed by atoms with Crippen LogP contribution in [0, 0.1) is 6.92 Å². The Morgan fingerprint density at radius 1 is 1.19 bits per heavy atom. The van der Waals surface area contributed by atoms with Crippen molar-refractivity contribution in [3.63, 3.8) is 0 Å². The monoisotopic (exact) mass is 447 g/mol. The second-order valence-corrected chi connectivity index (χ2v) is 8.31. The summed E-state index contributed by atoms with van der Waals surface area (Å²) >= 11 is 1.67. The summed E-state index contributed by atoms with van der Waals surface area (Å²) in [7, 11) is 3.71. The van der Waals surface area contributed by atoms with Crippen molar-refractivity contribution in [2.24, 2.45) is 4.99 Å². The quantitative estimate of drug-likeness (QED) is 0.395. The molecule has 0 aliphatic rings. The number of hydrogen-bond acceptors (Lipinski definition) is 6. The van der Waals surface area contributed by atoms with E-state index in [2.05, 4.69) is 46.3 Å². The second kappa shape index (κ2) is 13.2. The van der Waals surface area contributed by atoms with E-state index in [1.807, 2.05) is 32.2 Å². The van der Waals surface area contributed by atoms with Crippen LogP contribution in [0.2, 0.25) is 0 Å². The maximum absolute atomic E-state index is 5.96. The van der Waals surface area contributed by atoms with Gasteiger partial charge in [-0.15, -0.1) is 11.3 Å². The lowest BCUT2D eigenvalue weighted by molar-refractivity contribution is 0.217. The first-order valence-corrected chi connectivity index (χ1v) is 11.8. The van der Waals surface area contributed by atoms with Gasteiger partial charge in [-0.3, -0.25) is 0 Å². The lowest BCUT2D eigenvalue weighted by atomic mass is 10.2. The minimum atomic E-state index is 0.554. The van der Waals surface area contributed by atoms with Crippen LogP contribution in [-0.2, 0) is 13.1 Å². The van der Waals surface area contributed by atoms with E-state index in [0.29, 0.717) is 13.2 Å². The molecule has 172 valence electrons. The van der Waals surface area contributed by atoms with Gasteiger partial charge in [0.05, 0.1) is 30.9 Å². The zero-order chi connectivity index (χ0) is 22.6. The van der Waals surface area contributed by atoms with Gasteiger partial charge in [-0.2, -0.15) is 0 Å². The highest BCUT2D eigenvalue weighted by atomic mass is 32.1. The Morgan fingerprint density at radius 2 is 1.97 bits per heavy atom. The first kappa shape index (κ1) is 24.9. The number of thiazole rings is 1. The number of aliphatic imine (C=N–C) groups is 1. The van der Waals surface area contributed by atoms with Gasteiger partial charge >= 0.3 is 0 Å². The summed E-state index contributed by atoms with van der Waals surface area (Å²) < 4.78 is 11.5. The highest BCUT2D eigenvalue weighted by molar-refractivity contribution is 7.09. The summed E-state index contributed by atoms with van der Waals surface area (Å²) in [6, 6.07) is 6.02. The highest BCUT2D eigenvalue weighted by Gasteiger charge is 2.10. The molecule has 0 radical (unpaired) electrons. The summed E-state index contributed by atoms with van der Waals surface area (Å²) in [5, 5.41) is 6.54. The van der Waals surface area contributed by atoms with E-state index >= 15 is 0 Å². The lowest BCUT2D eigenvalue weighted by Crippen LogP contribution is -2.38. The van der Waals surface area contributed by atoms with Gasteiger partial charge in [0.25, 0.3) is 0 Å². The molecule has 0 bridgehead atoms. The van der Waals surface area contributed by atoms with Gasteiger partial charge in [-0.05, 0) is 44.6 Å². The van der Waals surface area contributed by atoms with Crippen LogP contribution in [0.4, 0.5) is 0 Å². The molecule has 31 heavy (non-hydrogen) atoms. The number of aryl methyl sites for hydroxylation is 1. The molecule has 1 aromatic carbocycles. The SMILES string of the molecule is CCNC(=NCc1ccc(OCCN(CC)CC)c(OC)c1)N(C)Cc1csc(C)n1. The fraction of sp³-hybridized carbons (Fsp3) is 0.565. The summed E-state index contributed by atoms with van der Waals surface area (Å²) in [6.07, 6.45) is 0. The normalized spacial score (nSPS) is 11.6. The van der Waals surface area contributed by atoms with E-state index < -0.39 is 0 Å². The molecule has 1 N–H and O–H groups in total. The Balaban J connectivity index is 2.02. The second-order valence-electron chi connectivity index (χ2n) is 7.24. The predicted molar refractivity (Wildman–Crippen MR) is 129 cm³/mol. The van der Waals surface area contributed by atoms with Crippen molar-refractivity contribution < 1.29 is 9.47 Å². The van der Waals surface area contributed by atoms with Crippen molar-refractivity contribution in [2.45, 2.75) is 40.8 Å². The molecule has 2 aromatic rings. The standard InChI is InChI=1S/C23H37N5O2S/c1-7-24-23(27(5)16-20-17-31-18(4)26-20)25-15-19-10-11-21(22(14-19)29-6)30-13-12-28(8-2)9-3/h10-11,14,17H,7-9,12-13,15-16H2,1-6H3,(H,24,25). The molecular weight excluding hydrogens is 410 g/mol. The van der Waals surface area contributed by atoms with Gasteiger partial charge in [-0.25, -0.2) is 9.98 Å². The molecule has 0 saturated carbocycles. The van der Waals surface area contributed by atoms with Crippen LogP contribution in [0.5, 0.6) is 11.5 Å². The van der Waals surface area contributed by atoms with Gasteiger partial charge in [0.15, 0.2) is 17.5 Å². The summed E-state index contributed by atoms with van der Waals surface area (Å²) in [5.74, 6) is 2.36. The number of guanidine groups is 1. The van der Waals surface area contributed by atoms with Crippen LogP contribution in [0.1, 0.15) is 37.0 Å². The average Bonchev–Trinajstić information content (AvgIpc) is 3.18. The summed E-state index contributed by atoms with van der Waals surface area (Å²) in [6.45, 7) is 14.1. The first-order chi connectivity index (χ1) is 15.0. The smallest absolute Gasteiger partial charge is 0.194 e. The van der Waals surface area contributed by atoms with E-state index in [4.69, 9.17) is 14.5 Å². The fourth-order valence-corrected chi connectivity index (χ4v) is 3.79. The lowest BCUT2D eigenvalue weighted by Gasteiger charge is -2.21. The molecule has 0 unspecified atom stereocenters. The van der Waals surface area contributed by atoms with E-state index in [-0.39, 0.29) is 0 Å². The van der Waals surface area contributed by atoms with Gasteiger partial charge in [0.1, 0.15) is 6.61 Å². The maximum atomic E-state index is 5.96. The number of likely N-dealkylation sites (N-methyl/N-ethyl adjacent to an activating group) is 1. The van der Waals surface area contributed by atoms with Crippen molar-refractivity contribution >= 4 is 17.3 Å². The number of nitrogens with one attached hydrogen (secondary N) is 1. The number of methoxy groups -OCH3 is 1. The Kier molecular flexibility index (Phi) is 10.6. The van der Waals surface area contributed by atoms with Crippen molar-refractivity contribution in [1.29, 1.82) is 0 Å². The van der Waals surface area contributed by atoms with Crippen LogP contribution in [0.25, 0.3) is 0 Å². The largest absolute Gasteiger partial charge is 0.493 e. The number of rotatable bonds is 12. The topological polar surface area (TPSA) is 62.2 Å². The van der Waals surface area contributed by atoms with Crippen LogP contribution in [0.15, 0.2) is 28.6 Å². The molecule has 0 spiro atoms. The molecule has 1 aromatic heterocycles. The Labute approximate surface area is 191 Å². The highest BCUT2D eigenvalue weighted by Crippen LogP contribution is 2.28. The summed E-state index contributed by atoms with van der Waals surface area (Å²) in [4.78, 5) is 13.8. The third-order valence-electron chi connectivity index (χ3n) is 4.96. The van der Waals surface area contributed by atoms with Crippen LogP contribution < -0.4 is 14.8 Å². The molecular formula is C23H37N5O2S. The molecule has 0 atom stereocenters. The number of ether oxygens (including phenoxy) is 2. The van der Waals surface area contributed by atoms with Crippen molar-refractivity contribution in [3.8, 4) is 11.5 Å². The van der Waals surface area contributed by atoms with Gasteiger partial charge in [-0.1, -0.05) is 19.9 Å². The third-order valence-corrected chi connectivity index (χ3v) is 5.78. The molecule has 7 nitrogen and oxygen atoms in total. The molecule has 1 heterocycles. The third kappa shape index (κ3) is 8.03. The molecule has 0 fully saturated rings. The van der Waals surface area contributed by atoms with Crippen molar-refractivity contribution in [3.05, 3.63) is 39.8 Å². The number of nitrogens with zero attached hydrogens (tertiary/aromatic N) is 4. The average molecular weight is 448 g/mol. The van der Waals surface area contributed by atoms with E-state index in [1.54, 1.807) is 18.4 Å². The zero-order valence-corrected chi connectivity index (χ0v) is 20.6. The Hall–Kier alpha value is -2.32. The van der Waals surface area contributed by atoms with Crippen LogP contribution >= 0.6 is 11.3 Å². The van der Waals surface area contributed by atoms with Gasteiger partial charge in [0, 0.05) is 25.5 Å². The zero-order valence-electron chi connectivity index (χ0n) is 19.8. The molecule has 2 rings (SSSR count). The van der Waals surface area contributed by atoms with Crippen molar-refractivity contribution in [1.82, 2.24) is 20.1 Å². The fourth-order valence-electron chi connectivity index (χ4n) is 3.19.